The highest BCUT2D eigenvalue weighted by atomic mass is 19.4. The Labute approximate surface area is 123 Å². The van der Waals surface area contributed by atoms with Gasteiger partial charge in [-0.3, -0.25) is 4.79 Å². The maximum Gasteiger partial charge on any atom is 0.416 e. The fourth-order valence-electron chi connectivity index (χ4n) is 2.03. The van der Waals surface area contributed by atoms with Crippen molar-refractivity contribution in [1.82, 2.24) is 0 Å². The number of benzene rings is 1. The Morgan fingerprint density at radius 3 is 2.19 bits per heavy atom. The molecule has 0 saturated carbocycles. The van der Waals surface area contributed by atoms with E-state index in [2.05, 4.69) is 0 Å². The first-order valence-electron chi connectivity index (χ1n) is 6.96. The van der Waals surface area contributed by atoms with Crippen molar-refractivity contribution in [2.24, 2.45) is 5.41 Å². The summed E-state index contributed by atoms with van der Waals surface area (Å²) in [6.45, 7) is 6.02. The van der Waals surface area contributed by atoms with E-state index in [-0.39, 0.29) is 11.4 Å². The lowest BCUT2D eigenvalue weighted by Gasteiger charge is -2.23. The van der Waals surface area contributed by atoms with Crippen molar-refractivity contribution in [2.75, 3.05) is 6.61 Å². The molecule has 1 rings (SSSR count). The van der Waals surface area contributed by atoms with E-state index in [0.717, 1.165) is 17.7 Å². The third-order valence-electron chi connectivity index (χ3n) is 3.30. The topological polar surface area (TPSA) is 26.3 Å². The Bertz CT molecular complexity index is 461. The molecule has 0 aliphatic rings. The molecule has 0 aromatic heterocycles. The van der Waals surface area contributed by atoms with Gasteiger partial charge in [-0.1, -0.05) is 26.0 Å². The van der Waals surface area contributed by atoms with E-state index in [4.69, 9.17) is 4.74 Å². The van der Waals surface area contributed by atoms with Crippen molar-refractivity contribution in [2.45, 2.75) is 46.2 Å². The van der Waals surface area contributed by atoms with Gasteiger partial charge in [-0.05, 0) is 42.9 Å². The van der Waals surface area contributed by atoms with Crippen LogP contribution in [0.15, 0.2) is 24.3 Å². The normalized spacial score (nSPS) is 12.3. The van der Waals surface area contributed by atoms with Gasteiger partial charge in [0.2, 0.25) is 0 Å². The summed E-state index contributed by atoms with van der Waals surface area (Å²) >= 11 is 0. The maximum absolute atomic E-state index is 12.5. The van der Waals surface area contributed by atoms with Gasteiger partial charge in [0, 0.05) is 0 Å². The Balaban J connectivity index is 2.56. The smallest absolute Gasteiger partial charge is 0.416 e. The number of esters is 1. The van der Waals surface area contributed by atoms with Gasteiger partial charge in [0.1, 0.15) is 0 Å². The van der Waals surface area contributed by atoms with Gasteiger partial charge in [-0.25, -0.2) is 0 Å². The molecule has 0 N–H and O–H groups in total. The molecule has 0 heterocycles. The van der Waals surface area contributed by atoms with Gasteiger partial charge in [-0.15, -0.1) is 0 Å². The van der Waals surface area contributed by atoms with Crippen LogP contribution in [0.2, 0.25) is 0 Å². The van der Waals surface area contributed by atoms with Crippen molar-refractivity contribution < 1.29 is 22.7 Å². The molecule has 0 fully saturated rings. The molecule has 1 aromatic rings. The van der Waals surface area contributed by atoms with E-state index in [1.54, 1.807) is 6.92 Å². The number of hydrogen-bond donors (Lipinski definition) is 0. The second kappa shape index (κ2) is 6.96. The van der Waals surface area contributed by atoms with Gasteiger partial charge in [-0.2, -0.15) is 13.2 Å². The van der Waals surface area contributed by atoms with Crippen LogP contribution in [0.25, 0.3) is 0 Å². The predicted molar refractivity (Wildman–Crippen MR) is 74.8 cm³/mol. The van der Waals surface area contributed by atoms with E-state index in [9.17, 15) is 18.0 Å². The molecule has 0 unspecified atom stereocenters. The quantitative estimate of drug-likeness (QED) is 0.717. The van der Waals surface area contributed by atoms with E-state index < -0.39 is 11.7 Å². The molecule has 21 heavy (non-hydrogen) atoms. The summed E-state index contributed by atoms with van der Waals surface area (Å²) in [4.78, 5) is 11.5. The maximum atomic E-state index is 12.5. The van der Waals surface area contributed by atoms with Crippen LogP contribution < -0.4 is 0 Å². The number of carbonyl (C=O) groups is 1. The molecule has 0 saturated heterocycles. The van der Waals surface area contributed by atoms with Gasteiger partial charge in [0.25, 0.3) is 0 Å². The first-order chi connectivity index (χ1) is 9.64. The molecular formula is C16H21F3O2. The minimum Gasteiger partial charge on any atom is -0.466 e. The van der Waals surface area contributed by atoms with Crippen LogP contribution in [0.3, 0.4) is 0 Å². The van der Waals surface area contributed by atoms with Crippen LogP contribution in [0, 0.1) is 5.41 Å². The highest BCUT2D eigenvalue weighted by molar-refractivity contribution is 5.70. The number of hydrogen-bond acceptors (Lipinski definition) is 2. The average Bonchev–Trinajstić information content (AvgIpc) is 2.35. The predicted octanol–water partition coefficient (Wildman–Crippen LogP) is 4.62. The summed E-state index contributed by atoms with van der Waals surface area (Å²) in [6, 6.07) is 5.16. The first kappa shape index (κ1) is 17.5. The fraction of sp³-hybridized carbons (Fsp3) is 0.562. The zero-order chi connectivity index (χ0) is 16.1. The van der Waals surface area contributed by atoms with Crippen molar-refractivity contribution in [3.63, 3.8) is 0 Å². The van der Waals surface area contributed by atoms with E-state index in [1.807, 2.05) is 13.8 Å². The minimum atomic E-state index is -4.30. The monoisotopic (exact) mass is 302 g/mol. The van der Waals surface area contributed by atoms with Crippen LogP contribution in [0.4, 0.5) is 13.2 Å². The lowest BCUT2D eigenvalue weighted by Crippen LogP contribution is -2.19. The largest absolute Gasteiger partial charge is 0.466 e. The molecule has 0 aliphatic heterocycles. The highest BCUT2D eigenvalue weighted by Gasteiger charge is 2.30. The molecule has 0 radical (unpaired) electrons. The van der Waals surface area contributed by atoms with Crippen LogP contribution >= 0.6 is 0 Å². The molecule has 2 nitrogen and oxygen atoms in total. The molecule has 0 spiro atoms. The van der Waals surface area contributed by atoms with E-state index in [0.29, 0.717) is 25.9 Å². The SMILES string of the molecule is CCOC(=O)CC(C)(C)CCc1ccc(C(F)(F)F)cc1. The Kier molecular flexibility index (Phi) is 5.81. The standard InChI is InChI=1S/C16H21F3O2/c1-4-21-14(20)11-15(2,3)10-9-12-5-7-13(8-6-12)16(17,18)19/h5-8H,4,9-11H2,1-3H3. The zero-order valence-corrected chi connectivity index (χ0v) is 12.6. The van der Waals surface area contributed by atoms with Crippen LogP contribution in [-0.4, -0.2) is 12.6 Å². The second-order valence-electron chi connectivity index (χ2n) is 5.84. The average molecular weight is 302 g/mol. The number of rotatable bonds is 6. The molecular weight excluding hydrogens is 281 g/mol. The number of aryl methyl sites for hydroxylation is 1. The number of halogens is 3. The number of ether oxygens (including phenoxy) is 1. The highest BCUT2D eigenvalue weighted by Crippen LogP contribution is 2.31. The fourth-order valence-corrected chi connectivity index (χ4v) is 2.03. The summed E-state index contributed by atoms with van der Waals surface area (Å²) < 4.78 is 42.3. The summed E-state index contributed by atoms with van der Waals surface area (Å²) in [5, 5.41) is 0. The van der Waals surface area contributed by atoms with Crippen molar-refractivity contribution in [3.8, 4) is 0 Å². The number of carbonyl (C=O) groups excluding carboxylic acids is 1. The molecule has 0 aliphatic carbocycles. The van der Waals surface area contributed by atoms with Crippen molar-refractivity contribution in [3.05, 3.63) is 35.4 Å². The molecule has 0 bridgehead atoms. The van der Waals surface area contributed by atoms with Crippen molar-refractivity contribution >= 4 is 5.97 Å². The Morgan fingerprint density at radius 1 is 1.14 bits per heavy atom. The minimum absolute atomic E-state index is 0.241. The van der Waals surface area contributed by atoms with Crippen molar-refractivity contribution in [1.29, 1.82) is 0 Å². The van der Waals surface area contributed by atoms with E-state index >= 15 is 0 Å². The summed E-state index contributed by atoms with van der Waals surface area (Å²) in [6.07, 6.45) is -2.66. The third kappa shape index (κ3) is 6.19. The Morgan fingerprint density at radius 2 is 1.71 bits per heavy atom. The molecule has 0 amide bonds. The van der Waals surface area contributed by atoms with Gasteiger partial charge in [0.05, 0.1) is 18.6 Å². The second-order valence-corrected chi connectivity index (χ2v) is 5.84. The lowest BCUT2D eigenvalue weighted by atomic mass is 9.83. The summed E-state index contributed by atoms with van der Waals surface area (Å²) in [5.41, 5.74) is -0.0495. The molecule has 5 heteroatoms. The lowest BCUT2D eigenvalue weighted by molar-refractivity contribution is -0.145. The van der Waals surface area contributed by atoms with Crippen LogP contribution in [-0.2, 0) is 22.1 Å². The number of alkyl halides is 3. The van der Waals surface area contributed by atoms with Gasteiger partial charge >= 0.3 is 12.1 Å². The zero-order valence-electron chi connectivity index (χ0n) is 12.6. The van der Waals surface area contributed by atoms with Crippen LogP contribution in [0.5, 0.6) is 0 Å². The Hall–Kier alpha value is -1.52. The molecule has 1 aromatic carbocycles. The van der Waals surface area contributed by atoms with Gasteiger partial charge in [0.15, 0.2) is 0 Å². The molecule has 118 valence electrons. The van der Waals surface area contributed by atoms with E-state index in [1.165, 1.54) is 12.1 Å². The third-order valence-corrected chi connectivity index (χ3v) is 3.30. The van der Waals surface area contributed by atoms with Crippen LogP contribution in [0.1, 0.15) is 44.7 Å². The first-order valence-corrected chi connectivity index (χ1v) is 6.96. The summed E-state index contributed by atoms with van der Waals surface area (Å²) in [5.74, 6) is -0.241. The summed E-state index contributed by atoms with van der Waals surface area (Å²) in [7, 11) is 0. The molecule has 0 atom stereocenters. The van der Waals surface area contributed by atoms with Gasteiger partial charge < -0.3 is 4.74 Å².